The molecule has 0 bridgehead atoms. The first-order valence-electron chi connectivity index (χ1n) is 10.4. The molecule has 29 heavy (non-hydrogen) atoms. The lowest BCUT2D eigenvalue weighted by Gasteiger charge is -2.39. The number of carboxylic acids is 1. The van der Waals surface area contributed by atoms with Crippen molar-refractivity contribution < 1.29 is 14.7 Å². The molecule has 0 aliphatic carbocycles. The summed E-state index contributed by atoms with van der Waals surface area (Å²) in [5.41, 5.74) is 3.03. The summed E-state index contributed by atoms with van der Waals surface area (Å²) in [6, 6.07) is 12.2. The zero-order chi connectivity index (χ0) is 20.2. The first kappa shape index (κ1) is 19.6. The second-order valence-electron chi connectivity index (χ2n) is 7.97. The molecule has 1 atom stereocenters. The van der Waals surface area contributed by atoms with Crippen molar-refractivity contribution in [3.63, 3.8) is 0 Å². The Hall–Kier alpha value is -2.67. The number of aryl methyl sites for hydroxylation is 1. The van der Waals surface area contributed by atoms with Crippen LogP contribution in [0.1, 0.15) is 42.6 Å². The molecule has 4 rings (SSSR count). The number of hydrogen-bond donors (Lipinski definition) is 1. The van der Waals surface area contributed by atoms with Crippen LogP contribution < -0.4 is 0 Å². The Labute approximate surface area is 170 Å². The van der Waals surface area contributed by atoms with Gasteiger partial charge in [-0.05, 0) is 31.0 Å². The average molecular weight is 396 g/mol. The summed E-state index contributed by atoms with van der Waals surface area (Å²) >= 11 is 0. The second kappa shape index (κ2) is 8.78. The Morgan fingerprint density at radius 2 is 1.93 bits per heavy atom. The van der Waals surface area contributed by atoms with E-state index in [1.165, 1.54) is 5.56 Å². The highest BCUT2D eigenvalue weighted by Gasteiger charge is 2.33. The number of amides is 1. The van der Waals surface area contributed by atoms with Gasteiger partial charge in [-0.3, -0.25) is 19.2 Å². The molecule has 1 fully saturated rings. The molecule has 1 aromatic carbocycles. The Morgan fingerprint density at radius 3 is 2.72 bits per heavy atom. The van der Waals surface area contributed by atoms with Gasteiger partial charge in [-0.2, -0.15) is 5.10 Å². The van der Waals surface area contributed by atoms with Gasteiger partial charge in [-0.25, -0.2) is 0 Å². The zero-order valence-electron chi connectivity index (χ0n) is 16.7. The summed E-state index contributed by atoms with van der Waals surface area (Å²) in [6.07, 6.45) is 3.64. The van der Waals surface area contributed by atoms with E-state index in [1.807, 2.05) is 33.8 Å². The minimum absolute atomic E-state index is 0.0649. The number of fused-ring (bicyclic) bond motifs is 1. The minimum atomic E-state index is -0.816. The molecular formula is C22H28N4O3. The van der Waals surface area contributed by atoms with Gasteiger partial charge < -0.3 is 10.0 Å². The highest BCUT2D eigenvalue weighted by Crippen LogP contribution is 2.24. The van der Waals surface area contributed by atoms with Crippen LogP contribution in [-0.2, 0) is 35.6 Å². The number of likely N-dealkylation sites (tertiary alicyclic amines) is 1. The summed E-state index contributed by atoms with van der Waals surface area (Å²) in [7, 11) is 0. The quantitative estimate of drug-likeness (QED) is 0.811. The fourth-order valence-electron chi connectivity index (χ4n) is 4.36. The van der Waals surface area contributed by atoms with E-state index in [9.17, 15) is 9.59 Å². The summed E-state index contributed by atoms with van der Waals surface area (Å²) in [5.74, 6) is -0.608. The van der Waals surface area contributed by atoms with Crippen LogP contribution in [0.5, 0.6) is 0 Å². The maximum Gasteiger partial charge on any atom is 0.303 e. The fourth-order valence-corrected chi connectivity index (χ4v) is 4.36. The van der Waals surface area contributed by atoms with E-state index >= 15 is 0 Å². The molecule has 154 valence electrons. The van der Waals surface area contributed by atoms with E-state index in [-0.39, 0.29) is 18.4 Å². The van der Waals surface area contributed by atoms with Crippen LogP contribution in [0.2, 0.25) is 0 Å². The summed E-state index contributed by atoms with van der Waals surface area (Å²) < 4.78 is 1.92. The molecule has 0 unspecified atom stereocenters. The number of rotatable bonds is 6. The van der Waals surface area contributed by atoms with Gasteiger partial charge >= 0.3 is 5.97 Å². The number of aliphatic carboxylic acids is 1. The standard InChI is InChI=1S/C22H28N4O3/c27-21(28)10-9-18-14-19-16-25(12-13-26(19)23-18)22(29)20-8-4-5-11-24(20)15-17-6-2-1-3-7-17/h1-3,6-7,14,20H,4-5,8-13,15-16H2,(H,27,28)/t20-/m1/s1. The first-order valence-corrected chi connectivity index (χ1v) is 10.4. The monoisotopic (exact) mass is 396 g/mol. The molecule has 7 nitrogen and oxygen atoms in total. The van der Waals surface area contributed by atoms with Crippen molar-refractivity contribution in [2.24, 2.45) is 0 Å². The molecule has 1 saturated heterocycles. The fraction of sp³-hybridized carbons (Fsp3) is 0.500. The molecule has 2 aliphatic heterocycles. The average Bonchev–Trinajstić information content (AvgIpc) is 3.15. The molecule has 0 saturated carbocycles. The van der Waals surface area contributed by atoms with Gasteiger partial charge in [0.15, 0.2) is 0 Å². The van der Waals surface area contributed by atoms with Crippen molar-refractivity contribution in [2.75, 3.05) is 13.1 Å². The van der Waals surface area contributed by atoms with E-state index in [1.54, 1.807) is 0 Å². The largest absolute Gasteiger partial charge is 0.481 e. The van der Waals surface area contributed by atoms with Crippen molar-refractivity contribution in [3.05, 3.63) is 53.3 Å². The molecular weight excluding hydrogens is 368 g/mol. The molecule has 2 aromatic rings. The Balaban J connectivity index is 1.42. The number of benzene rings is 1. The molecule has 7 heteroatoms. The first-order chi connectivity index (χ1) is 14.1. The summed E-state index contributed by atoms with van der Waals surface area (Å²) in [6.45, 7) is 3.63. The molecule has 3 heterocycles. The third-order valence-corrected chi connectivity index (χ3v) is 5.88. The number of carbonyl (C=O) groups excluding carboxylic acids is 1. The van der Waals surface area contributed by atoms with Crippen LogP contribution >= 0.6 is 0 Å². The molecule has 2 aliphatic rings. The molecule has 0 radical (unpaired) electrons. The van der Waals surface area contributed by atoms with Crippen molar-refractivity contribution >= 4 is 11.9 Å². The van der Waals surface area contributed by atoms with Crippen molar-refractivity contribution in [1.29, 1.82) is 0 Å². The van der Waals surface area contributed by atoms with Gasteiger partial charge in [0.2, 0.25) is 5.91 Å². The molecule has 0 spiro atoms. The maximum atomic E-state index is 13.4. The zero-order valence-corrected chi connectivity index (χ0v) is 16.7. The predicted octanol–water partition coefficient (Wildman–Crippen LogP) is 2.30. The van der Waals surface area contributed by atoms with Crippen LogP contribution in [0, 0.1) is 0 Å². The summed E-state index contributed by atoms with van der Waals surface area (Å²) in [4.78, 5) is 28.4. The van der Waals surface area contributed by atoms with Gasteiger partial charge in [0.25, 0.3) is 0 Å². The number of hydrogen-bond acceptors (Lipinski definition) is 4. The second-order valence-corrected chi connectivity index (χ2v) is 7.97. The number of aromatic nitrogens is 2. The third kappa shape index (κ3) is 4.67. The highest BCUT2D eigenvalue weighted by atomic mass is 16.4. The lowest BCUT2D eigenvalue weighted by atomic mass is 9.99. The number of piperidine rings is 1. The van der Waals surface area contributed by atoms with Gasteiger partial charge in [0.1, 0.15) is 0 Å². The van der Waals surface area contributed by atoms with Gasteiger partial charge in [-0.1, -0.05) is 36.8 Å². The Kier molecular flexibility index (Phi) is 5.94. The molecule has 1 aromatic heterocycles. The number of nitrogens with zero attached hydrogens (tertiary/aromatic N) is 4. The van der Waals surface area contributed by atoms with Crippen LogP contribution in [0.4, 0.5) is 0 Å². The lowest BCUT2D eigenvalue weighted by molar-refractivity contribution is -0.140. The van der Waals surface area contributed by atoms with Crippen molar-refractivity contribution in [1.82, 2.24) is 19.6 Å². The SMILES string of the molecule is O=C(O)CCc1cc2n(n1)CCN(C(=O)[C@H]1CCCCN1Cc1ccccc1)C2. The number of carbonyl (C=O) groups is 2. The van der Waals surface area contributed by atoms with E-state index < -0.39 is 5.97 Å². The Bertz CT molecular complexity index is 864. The number of carboxylic acid groups (broad SMARTS) is 1. The van der Waals surface area contributed by atoms with Crippen molar-refractivity contribution in [3.8, 4) is 0 Å². The van der Waals surface area contributed by atoms with Crippen LogP contribution in [-0.4, -0.2) is 55.7 Å². The van der Waals surface area contributed by atoms with Crippen LogP contribution in [0.15, 0.2) is 36.4 Å². The van der Waals surface area contributed by atoms with Crippen LogP contribution in [0.25, 0.3) is 0 Å². The van der Waals surface area contributed by atoms with E-state index in [4.69, 9.17) is 5.11 Å². The lowest BCUT2D eigenvalue weighted by Crippen LogP contribution is -2.52. The van der Waals surface area contributed by atoms with Crippen LogP contribution in [0.3, 0.4) is 0 Å². The van der Waals surface area contributed by atoms with Gasteiger partial charge in [0.05, 0.1) is 36.9 Å². The maximum absolute atomic E-state index is 13.4. The summed E-state index contributed by atoms with van der Waals surface area (Å²) in [5, 5.41) is 13.4. The predicted molar refractivity (Wildman–Crippen MR) is 108 cm³/mol. The molecule has 1 amide bonds. The molecule has 1 N–H and O–H groups in total. The minimum Gasteiger partial charge on any atom is -0.481 e. The normalized spacial score (nSPS) is 19.7. The third-order valence-electron chi connectivity index (χ3n) is 5.88. The van der Waals surface area contributed by atoms with Crippen molar-refractivity contribution in [2.45, 2.75) is 57.8 Å². The van der Waals surface area contributed by atoms with E-state index in [0.717, 1.165) is 43.7 Å². The topological polar surface area (TPSA) is 78.7 Å². The van der Waals surface area contributed by atoms with Gasteiger partial charge in [-0.15, -0.1) is 0 Å². The van der Waals surface area contributed by atoms with Gasteiger partial charge in [0, 0.05) is 19.5 Å². The van der Waals surface area contributed by atoms with E-state index in [0.29, 0.717) is 26.1 Å². The smallest absolute Gasteiger partial charge is 0.303 e. The highest BCUT2D eigenvalue weighted by molar-refractivity contribution is 5.82. The Morgan fingerprint density at radius 1 is 1.10 bits per heavy atom. The van der Waals surface area contributed by atoms with E-state index in [2.05, 4.69) is 22.1 Å².